The minimum absolute atomic E-state index is 0.00435. The van der Waals surface area contributed by atoms with Crippen LogP contribution in [0.25, 0.3) is 0 Å². The SMILES string of the molecule is CC(=O)c1c(C#N)cc(I)cc1C(F)F. The first-order valence-corrected chi connectivity index (χ1v) is 5.08. The van der Waals surface area contributed by atoms with E-state index in [1.807, 2.05) is 22.6 Å². The molecule has 0 saturated carbocycles. The number of hydrogen-bond acceptors (Lipinski definition) is 2. The van der Waals surface area contributed by atoms with Gasteiger partial charge in [-0.15, -0.1) is 0 Å². The molecule has 0 N–H and O–H groups in total. The number of hydrogen-bond donors (Lipinski definition) is 0. The van der Waals surface area contributed by atoms with Crippen molar-refractivity contribution in [3.63, 3.8) is 0 Å². The lowest BCUT2D eigenvalue weighted by atomic mass is 9.99. The molecule has 1 aromatic rings. The molecule has 0 saturated heterocycles. The summed E-state index contributed by atoms with van der Waals surface area (Å²) in [6.45, 7) is 1.18. The van der Waals surface area contributed by atoms with Crippen LogP contribution in [-0.4, -0.2) is 5.78 Å². The first-order chi connectivity index (χ1) is 6.97. The predicted octanol–water partition coefficient (Wildman–Crippen LogP) is 3.30. The Bertz CT molecular complexity index is 451. The van der Waals surface area contributed by atoms with Crippen LogP contribution in [0.4, 0.5) is 8.78 Å². The zero-order chi connectivity index (χ0) is 11.6. The summed E-state index contributed by atoms with van der Waals surface area (Å²) in [5.41, 5.74) is -0.538. The number of nitriles is 1. The predicted molar refractivity (Wildman–Crippen MR) is 58.8 cm³/mol. The van der Waals surface area contributed by atoms with Crippen LogP contribution >= 0.6 is 22.6 Å². The van der Waals surface area contributed by atoms with Crippen molar-refractivity contribution in [2.45, 2.75) is 13.3 Å². The average Bonchev–Trinajstić information content (AvgIpc) is 2.15. The molecule has 0 aromatic heterocycles. The third-order valence-electron chi connectivity index (χ3n) is 1.84. The van der Waals surface area contributed by atoms with E-state index >= 15 is 0 Å². The highest BCUT2D eigenvalue weighted by atomic mass is 127. The van der Waals surface area contributed by atoms with Crippen LogP contribution < -0.4 is 0 Å². The van der Waals surface area contributed by atoms with Crippen LogP contribution in [0, 0.1) is 14.9 Å². The van der Waals surface area contributed by atoms with Gasteiger partial charge in [-0.05, 0) is 41.6 Å². The molecule has 0 aliphatic carbocycles. The summed E-state index contributed by atoms with van der Waals surface area (Å²) >= 11 is 1.83. The van der Waals surface area contributed by atoms with E-state index < -0.39 is 12.2 Å². The van der Waals surface area contributed by atoms with Gasteiger partial charge in [0.2, 0.25) is 0 Å². The van der Waals surface area contributed by atoms with E-state index in [0.717, 1.165) is 0 Å². The summed E-state index contributed by atoms with van der Waals surface area (Å²) in [6, 6.07) is 4.40. The zero-order valence-electron chi connectivity index (χ0n) is 7.72. The van der Waals surface area contributed by atoms with Gasteiger partial charge in [0.1, 0.15) is 0 Å². The van der Waals surface area contributed by atoms with Crippen molar-refractivity contribution in [1.82, 2.24) is 0 Å². The number of nitrogens with zero attached hydrogens (tertiary/aromatic N) is 1. The monoisotopic (exact) mass is 321 g/mol. The number of halogens is 3. The quantitative estimate of drug-likeness (QED) is 0.619. The van der Waals surface area contributed by atoms with Crippen LogP contribution in [0.5, 0.6) is 0 Å². The Hall–Kier alpha value is -1.03. The highest BCUT2D eigenvalue weighted by Gasteiger charge is 2.20. The lowest BCUT2D eigenvalue weighted by molar-refractivity contribution is 0.0998. The first kappa shape index (κ1) is 12.0. The van der Waals surface area contributed by atoms with Gasteiger partial charge in [-0.25, -0.2) is 8.78 Å². The second-order valence-electron chi connectivity index (χ2n) is 2.89. The third-order valence-corrected chi connectivity index (χ3v) is 2.46. The Morgan fingerprint density at radius 1 is 1.53 bits per heavy atom. The second kappa shape index (κ2) is 4.66. The van der Waals surface area contributed by atoms with E-state index in [2.05, 4.69) is 0 Å². The number of benzene rings is 1. The molecule has 0 bridgehead atoms. The van der Waals surface area contributed by atoms with E-state index in [-0.39, 0.29) is 16.7 Å². The van der Waals surface area contributed by atoms with Crippen molar-refractivity contribution < 1.29 is 13.6 Å². The van der Waals surface area contributed by atoms with E-state index in [0.29, 0.717) is 3.57 Å². The Kier molecular flexibility index (Phi) is 3.74. The van der Waals surface area contributed by atoms with Gasteiger partial charge in [-0.2, -0.15) is 5.26 Å². The third kappa shape index (κ3) is 2.50. The summed E-state index contributed by atoms with van der Waals surface area (Å²) in [6.07, 6.45) is -2.74. The number of ketones is 1. The molecule has 0 unspecified atom stereocenters. The molecule has 0 spiro atoms. The Morgan fingerprint density at radius 3 is 2.53 bits per heavy atom. The normalized spacial score (nSPS) is 10.1. The van der Waals surface area contributed by atoms with Crippen LogP contribution in [0.3, 0.4) is 0 Å². The Labute approximate surface area is 99.0 Å². The van der Waals surface area contributed by atoms with Gasteiger partial charge < -0.3 is 0 Å². The van der Waals surface area contributed by atoms with Crippen molar-refractivity contribution >= 4 is 28.4 Å². The fourth-order valence-electron chi connectivity index (χ4n) is 1.28. The van der Waals surface area contributed by atoms with E-state index in [4.69, 9.17) is 5.26 Å². The highest BCUT2D eigenvalue weighted by Crippen LogP contribution is 2.28. The summed E-state index contributed by atoms with van der Waals surface area (Å²) in [4.78, 5) is 11.2. The first-order valence-electron chi connectivity index (χ1n) is 4.00. The number of carbonyl (C=O) groups is 1. The molecule has 1 rings (SSSR count). The molecule has 0 radical (unpaired) electrons. The van der Waals surface area contributed by atoms with Crippen molar-refractivity contribution in [2.75, 3.05) is 0 Å². The smallest absolute Gasteiger partial charge is 0.264 e. The Balaban J connectivity index is 3.56. The summed E-state index contributed by atoms with van der Waals surface area (Å²) in [7, 11) is 0. The van der Waals surface area contributed by atoms with Crippen molar-refractivity contribution in [1.29, 1.82) is 5.26 Å². The van der Waals surface area contributed by atoms with Gasteiger partial charge in [0.15, 0.2) is 5.78 Å². The average molecular weight is 321 g/mol. The summed E-state index contributed by atoms with van der Waals surface area (Å²) in [5, 5.41) is 8.75. The standard InChI is InChI=1S/C10H6F2INO/c1-5(15)9-6(4-14)2-7(13)3-8(9)10(11)12/h2-3,10H,1H3. The maximum atomic E-state index is 12.6. The molecule has 0 aliphatic rings. The number of rotatable bonds is 2. The Morgan fingerprint density at radius 2 is 2.13 bits per heavy atom. The van der Waals surface area contributed by atoms with Crippen molar-refractivity contribution in [3.05, 3.63) is 32.4 Å². The van der Waals surface area contributed by atoms with Crippen LogP contribution in [-0.2, 0) is 0 Å². The van der Waals surface area contributed by atoms with Gasteiger partial charge in [0.25, 0.3) is 6.43 Å². The maximum absolute atomic E-state index is 12.6. The molecule has 0 atom stereocenters. The molecule has 0 aliphatic heterocycles. The highest BCUT2D eigenvalue weighted by molar-refractivity contribution is 14.1. The van der Waals surface area contributed by atoms with Gasteiger partial charge in [0, 0.05) is 14.7 Å². The molecule has 0 fully saturated rings. The summed E-state index contributed by atoms with van der Waals surface area (Å²) < 4.78 is 25.8. The van der Waals surface area contributed by atoms with Gasteiger partial charge in [0.05, 0.1) is 11.6 Å². The molecule has 5 heteroatoms. The van der Waals surface area contributed by atoms with Crippen molar-refractivity contribution in [3.8, 4) is 6.07 Å². The molecule has 2 nitrogen and oxygen atoms in total. The van der Waals surface area contributed by atoms with Crippen LogP contribution in [0.2, 0.25) is 0 Å². The fraction of sp³-hybridized carbons (Fsp3) is 0.200. The molecule has 1 aromatic carbocycles. The van der Waals surface area contributed by atoms with Crippen LogP contribution in [0.1, 0.15) is 34.8 Å². The molecule has 0 amide bonds. The van der Waals surface area contributed by atoms with Crippen molar-refractivity contribution in [2.24, 2.45) is 0 Å². The topological polar surface area (TPSA) is 40.9 Å². The zero-order valence-corrected chi connectivity index (χ0v) is 9.88. The maximum Gasteiger partial charge on any atom is 0.264 e. The molecular weight excluding hydrogens is 315 g/mol. The fourth-order valence-corrected chi connectivity index (χ4v) is 1.93. The molecule has 0 heterocycles. The van der Waals surface area contributed by atoms with Gasteiger partial charge >= 0.3 is 0 Å². The minimum Gasteiger partial charge on any atom is -0.294 e. The number of carbonyl (C=O) groups excluding carboxylic acids is 1. The molecular formula is C10H6F2INO. The second-order valence-corrected chi connectivity index (χ2v) is 4.13. The van der Waals surface area contributed by atoms with Crippen LogP contribution in [0.15, 0.2) is 12.1 Å². The van der Waals surface area contributed by atoms with E-state index in [1.54, 1.807) is 6.07 Å². The number of Topliss-reactive ketones (excluding diaryl/α,β-unsaturated/α-hetero) is 1. The minimum atomic E-state index is -2.74. The largest absolute Gasteiger partial charge is 0.294 e. The van der Waals surface area contributed by atoms with Gasteiger partial charge in [-0.3, -0.25) is 4.79 Å². The summed E-state index contributed by atoms with van der Waals surface area (Å²) in [5.74, 6) is -0.516. The molecule has 15 heavy (non-hydrogen) atoms. The van der Waals surface area contributed by atoms with E-state index in [1.165, 1.54) is 19.1 Å². The lowest BCUT2D eigenvalue weighted by Crippen LogP contribution is -2.04. The molecule has 78 valence electrons. The van der Waals surface area contributed by atoms with Gasteiger partial charge in [-0.1, -0.05) is 0 Å². The number of alkyl halides is 2. The van der Waals surface area contributed by atoms with E-state index in [9.17, 15) is 13.6 Å². The lowest BCUT2D eigenvalue weighted by Gasteiger charge is -2.08.